The number of carbonyl (C=O) groups is 1. The van der Waals surface area contributed by atoms with E-state index in [-0.39, 0.29) is 26.9 Å². The van der Waals surface area contributed by atoms with Crippen LogP contribution in [0.2, 0.25) is 10.0 Å². The molecule has 10 heteroatoms. The average Bonchev–Trinajstić information content (AvgIpc) is 2.85. The lowest BCUT2D eigenvalue weighted by Crippen LogP contribution is -2.16. The molecule has 0 saturated carbocycles. The molecule has 0 radical (unpaired) electrons. The van der Waals surface area contributed by atoms with E-state index in [4.69, 9.17) is 27.9 Å². The molecule has 0 unspecified atom stereocenters. The summed E-state index contributed by atoms with van der Waals surface area (Å²) >= 11 is 13.5. The Kier molecular flexibility index (Phi) is 8.11. The third kappa shape index (κ3) is 6.14. The Balaban J connectivity index is 1.61. The van der Waals surface area contributed by atoms with Crippen molar-refractivity contribution in [3.8, 4) is 5.75 Å². The van der Waals surface area contributed by atoms with Crippen molar-refractivity contribution in [3.05, 3.63) is 107 Å². The Bertz CT molecular complexity index is 1510. The largest absolute Gasteiger partial charge is 0.495 e. The molecule has 4 aromatic carbocycles. The van der Waals surface area contributed by atoms with Crippen molar-refractivity contribution < 1.29 is 17.9 Å². The molecule has 0 bridgehead atoms. The van der Waals surface area contributed by atoms with Crippen molar-refractivity contribution >= 4 is 62.3 Å². The summed E-state index contributed by atoms with van der Waals surface area (Å²) in [6.45, 7) is 0. The van der Waals surface area contributed by atoms with E-state index in [1.807, 2.05) is 42.5 Å². The normalized spacial score (nSPS) is 11.1. The van der Waals surface area contributed by atoms with Gasteiger partial charge in [0.1, 0.15) is 5.75 Å². The quantitative estimate of drug-likeness (QED) is 0.238. The second kappa shape index (κ2) is 11.3. The molecule has 2 N–H and O–H groups in total. The summed E-state index contributed by atoms with van der Waals surface area (Å²) in [4.78, 5) is 14.5. The molecular formula is C26H20Cl2N2O4S2. The van der Waals surface area contributed by atoms with E-state index in [1.165, 1.54) is 55.3 Å². The predicted molar refractivity (Wildman–Crippen MR) is 145 cm³/mol. The molecule has 4 rings (SSSR count). The van der Waals surface area contributed by atoms with E-state index in [0.29, 0.717) is 10.7 Å². The number of ether oxygens (including phenoxy) is 1. The third-order valence-electron chi connectivity index (χ3n) is 5.01. The number of para-hydroxylation sites is 1. The summed E-state index contributed by atoms with van der Waals surface area (Å²) in [5.41, 5.74) is 0.783. The average molecular weight is 559 g/mol. The maximum Gasteiger partial charge on any atom is 0.262 e. The summed E-state index contributed by atoms with van der Waals surface area (Å²) < 4.78 is 34.6. The van der Waals surface area contributed by atoms with Crippen LogP contribution in [0.3, 0.4) is 0 Å². The predicted octanol–water partition coefficient (Wildman–Crippen LogP) is 7.21. The van der Waals surface area contributed by atoms with Crippen LogP contribution in [0.1, 0.15) is 10.4 Å². The minimum atomic E-state index is -4.00. The topological polar surface area (TPSA) is 84.5 Å². The van der Waals surface area contributed by atoms with Gasteiger partial charge in [-0.05, 0) is 60.7 Å². The van der Waals surface area contributed by atoms with Gasteiger partial charge in [0.15, 0.2) is 0 Å². The molecule has 0 aromatic heterocycles. The lowest BCUT2D eigenvalue weighted by molar-refractivity contribution is 0.102. The molecule has 0 spiro atoms. The minimum Gasteiger partial charge on any atom is -0.495 e. The summed E-state index contributed by atoms with van der Waals surface area (Å²) in [6, 6.07) is 25.4. The van der Waals surface area contributed by atoms with Gasteiger partial charge in [0.2, 0.25) is 0 Å². The minimum absolute atomic E-state index is 0.0553. The molecular weight excluding hydrogens is 539 g/mol. The standard InChI is InChI=1S/C26H20Cl2N2O4S2/c1-34-24-14-12-19(16-23(24)29-26(31)20-13-11-17(27)15-21(20)28)36(32,33)30-22-9-5-6-10-25(22)35-18-7-3-2-4-8-18/h2-16,30H,1H3,(H,29,31). The molecule has 36 heavy (non-hydrogen) atoms. The van der Waals surface area contributed by atoms with Crippen LogP contribution in [0.25, 0.3) is 0 Å². The Morgan fingerprint density at radius 1 is 0.861 bits per heavy atom. The first-order valence-electron chi connectivity index (χ1n) is 10.6. The van der Waals surface area contributed by atoms with Crippen molar-refractivity contribution in [2.45, 2.75) is 14.7 Å². The van der Waals surface area contributed by atoms with Crippen LogP contribution in [-0.4, -0.2) is 21.4 Å². The molecule has 0 saturated heterocycles. The lowest BCUT2D eigenvalue weighted by Gasteiger charge is -2.15. The first-order valence-corrected chi connectivity index (χ1v) is 13.6. The third-order valence-corrected chi connectivity index (χ3v) is 8.00. The Morgan fingerprint density at radius 3 is 2.31 bits per heavy atom. The molecule has 0 heterocycles. The van der Waals surface area contributed by atoms with Crippen molar-refractivity contribution in [1.82, 2.24) is 0 Å². The van der Waals surface area contributed by atoms with Gasteiger partial charge in [0.05, 0.1) is 34.0 Å². The second-order valence-corrected chi connectivity index (χ2v) is 11.1. The first kappa shape index (κ1) is 25.9. The molecule has 4 aromatic rings. The maximum atomic E-state index is 13.3. The van der Waals surface area contributed by atoms with Crippen molar-refractivity contribution in [3.63, 3.8) is 0 Å². The number of halogens is 2. The molecule has 1 amide bonds. The monoisotopic (exact) mass is 558 g/mol. The number of nitrogens with one attached hydrogen (secondary N) is 2. The number of hydrogen-bond donors (Lipinski definition) is 2. The highest BCUT2D eigenvalue weighted by Gasteiger charge is 2.20. The molecule has 0 aliphatic rings. The fourth-order valence-corrected chi connectivity index (χ4v) is 5.86. The van der Waals surface area contributed by atoms with Gasteiger partial charge >= 0.3 is 0 Å². The molecule has 0 fully saturated rings. The number of carbonyl (C=O) groups excluding carboxylic acids is 1. The zero-order chi connectivity index (χ0) is 25.7. The number of amides is 1. The van der Waals surface area contributed by atoms with Gasteiger partial charge in [-0.15, -0.1) is 0 Å². The molecule has 6 nitrogen and oxygen atoms in total. The van der Waals surface area contributed by atoms with Gasteiger partial charge in [-0.25, -0.2) is 8.42 Å². The Morgan fingerprint density at radius 2 is 1.58 bits per heavy atom. The van der Waals surface area contributed by atoms with Crippen molar-refractivity contribution in [1.29, 1.82) is 0 Å². The SMILES string of the molecule is COc1ccc(S(=O)(=O)Nc2ccccc2Sc2ccccc2)cc1NC(=O)c1ccc(Cl)cc1Cl. The highest BCUT2D eigenvalue weighted by molar-refractivity contribution is 7.99. The number of methoxy groups -OCH3 is 1. The van der Waals surface area contributed by atoms with Crippen LogP contribution in [-0.2, 0) is 10.0 Å². The first-order chi connectivity index (χ1) is 17.3. The number of benzene rings is 4. The fourth-order valence-electron chi connectivity index (χ4n) is 3.27. The van der Waals surface area contributed by atoms with Crippen LogP contribution >= 0.6 is 35.0 Å². The van der Waals surface area contributed by atoms with Crippen molar-refractivity contribution in [2.75, 3.05) is 17.1 Å². The van der Waals surface area contributed by atoms with E-state index in [2.05, 4.69) is 10.0 Å². The second-order valence-electron chi connectivity index (χ2n) is 7.46. The summed E-state index contributed by atoms with van der Waals surface area (Å²) in [5.74, 6) is -0.255. The van der Waals surface area contributed by atoms with Gasteiger partial charge in [0.25, 0.3) is 15.9 Å². The number of sulfonamides is 1. The van der Waals surface area contributed by atoms with Gasteiger partial charge < -0.3 is 10.1 Å². The maximum absolute atomic E-state index is 13.3. The summed E-state index contributed by atoms with van der Waals surface area (Å²) in [6.07, 6.45) is 0. The lowest BCUT2D eigenvalue weighted by atomic mass is 10.2. The van der Waals surface area contributed by atoms with Gasteiger partial charge in [0, 0.05) is 14.8 Å². The van der Waals surface area contributed by atoms with Crippen LogP contribution in [0.5, 0.6) is 5.75 Å². The number of anilines is 2. The Labute approximate surface area is 223 Å². The van der Waals surface area contributed by atoms with Crippen molar-refractivity contribution in [2.24, 2.45) is 0 Å². The van der Waals surface area contributed by atoms with E-state index < -0.39 is 15.9 Å². The van der Waals surface area contributed by atoms with Gasteiger partial charge in [-0.3, -0.25) is 9.52 Å². The van der Waals surface area contributed by atoms with Crippen LogP contribution in [0, 0.1) is 0 Å². The van der Waals surface area contributed by atoms with Gasteiger partial charge in [-0.2, -0.15) is 0 Å². The van der Waals surface area contributed by atoms with Gasteiger partial charge in [-0.1, -0.05) is 65.3 Å². The summed E-state index contributed by atoms with van der Waals surface area (Å²) in [5, 5.41) is 3.22. The smallest absolute Gasteiger partial charge is 0.262 e. The van der Waals surface area contributed by atoms with Crippen LogP contribution < -0.4 is 14.8 Å². The van der Waals surface area contributed by atoms with E-state index >= 15 is 0 Å². The zero-order valence-corrected chi connectivity index (χ0v) is 22.0. The van der Waals surface area contributed by atoms with Crippen LogP contribution in [0.4, 0.5) is 11.4 Å². The molecule has 184 valence electrons. The number of hydrogen-bond acceptors (Lipinski definition) is 5. The van der Waals surface area contributed by atoms with E-state index in [0.717, 1.165) is 9.79 Å². The highest BCUT2D eigenvalue weighted by Crippen LogP contribution is 2.35. The molecule has 0 atom stereocenters. The number of rotatable bonds is 8. The summed E-state index contributed by atoms with van der Waals surface area (Å²) in [7, 11) is -2.58. The molecule has 0 aliphatic heterocycles. The van der Waals surface area contributed by atoms with E-state index in [1.54, 1.807) is 12.1 Å². The molecule has 0 aliphatic carbocycles. The van der Waals surface area contributed by atoms with Crippen LogP contribution in [0.15, 0.2) is 106 Å². The zero-order valence-electron chi connectivity index (χ0n) is 18.9. The highest BCUT2D eigenvalue weighted by atomic mass is 35.5. The fraction of sp³-hybridized carbons (Fsp3) is 0.0385. The Hall–Kier alpha value is -3.17. The van der Waals surface area contributed by atoms with E-state index in [9.17, 15) is 13.2 Å².